The van der Waals surface area contributed by atoms with Gasteiger partial charge in [-0.2, -0.15) is 0 Å². The summed E-state index contributed by atoms with van der Waals surface area (Å²) in [5, 5.41) is 2.79. The molecule has 0 unspecified atom stereocenters. The highest BCUT2D eigenvalue weighted by Gasteiger charge is 2.21. The predicted octanol–water partition coefficient (Wildman–Crippen LogP) is 0.541. The molecule has 1 amide bonds. The predicted molar refractivity (Wildman–Crippen MR) is 48.2 cm³/mol. The Morgan fingerprint density at radius 2 is 2.33 bits per heavy atom. The number of hydrogen-bond donors (Lipinski definition) is 2. The van der Waals surface area contributed by atoms with Crippen molar-refractivity contribution in [2.75, 3.05) is 6.54 Å². The van der Waals surface area contributed by atoms with E-state index in [2.05, 4.69) is 11.9 Å². The fourth-order valence-electron chi connectivity index (χ4n) is 0.897. The largest absolute Gasteiger partial charge is 0.404 e. The van der Waals surface area contributed by atoms with E-state index < -0.39 is 0 Å². The molecule has 0 aliphatic heterocycles. The van der Waals surface area contributed by atoms with Gasteiger partial charge < -0.3 is 11.1 Å². The van der Waals surface area contributed by atoms with E-state index >= 15 is 0 Å². The minimum Gasteiger partial charge on any atom is -0.404 e. The summed E-state index contributed by atoms with van der Waals surface area (Å²) in [5.41, 5.74) is 5.65. The molecule has 3 nitrogen and oxygen atoms in total. The summed E-state index contributed by atoms with van der Waals surface area (Å²) in [6.45, 7) is 4.25. The van der Waals surface area contributed by atoms with Crippen LogP contribution >= 0.6 is 0 Å². The molecule has 0 aromatic heterocycles. The van der Waals surface area contributed by atoms with Gasteiger partial charge in [0.1, 0.15) is 0 Å². The molecular weight excluding hydrogens is 152 g/mol. The molecule has 1 aliphatic rings. The molecule has 0 aromatic carbocycles. The summed E-state index contributed by atoms with van der Waals surface area (Å²) in [4.78, 5) is 11.2. The van der Waals surface area contributed by atoms with E-state index in [1.54, 1.807) is 0 Å². The van der Waals surface area contributed by atoms with Gasteiger partial charge in [0.25, 0.3) is 5.91 Å². The zero-order valence-electron chi connectivity index (χ0n) is 7.05. The van der Waals surface area contributed by atoms with Crippen molar-refractivity contribution in [1.29, 1.82) is 0 Å². The zero-order chi connectivity index (χ0) is 8.97. The third-order valence-corrected chi connectivity index (χ3v) is 1.91. The number of nitrogens with two attached hydrogens (primary N) is 1. The first-order valence-electron chi connectivity index (χ1n) is 4.10. The van der Waals surface area contributed by atoms with Crippen LogP contribution in [-0.4, -0.2) is 12.5 Å². The molecule has 0 bridgehead atoms. The molecule has 0 heterocycles. The lowest BCUT2D eigenvalue weighted by Crippen LogP contribution is -2.26. The number of amides is 1. The minimum absolute atomic E-state index is 0.126. The molecule has 0 saturated heterocycles. The first-order chi connectivity index (χ1) is 5.77. The van der Waals surface area contributed by atoms with Crippen LogP contribution in [0.25, 0.3) is 0 Å². The molecule has 1 saturated carbocycles. The van der Waals surface area contributed by atoms with Gasteiger partial charge in [-0.1, -0.05) is 12.7 Å². The summed E-state index contributed by atoms with van der Waals surface area (Å²) in [5.74, 6) is 0.567. The fraction of sp³-hybridized carbons (Fsp3) is 0.444. The van der Waals surface area contributed by atoms with E-state index in [4.69, 9.17) is 5.73 Å². The van der Waals surface area contributed by atoms with Crippen LogP contribution in [0.5, 0.6) is 0 Å². The Kier molecular flexibility index (Phi) is 2.91. The van der Waals surface area contributed by atoms with Crippen LogP contribution in [0.15, 0.2) is 24.4 Å². The van der Waals surface area contributed by atoms with E-state index in [0.717, 1.165) is 6.54 Å². The van der Waals surface area contributed by atoms with Crippen LogP contribution in [0.4, 0.5) is 0 Å². The van der Waals surface area contributed by atoms with Gasteiger partial charge >= 0.3 is 0 Å². The van der Waals surface area contributed by atoms with Crippen LogP contribution in [0.3, 0.4) is 0 Å². The second-order valence-electron chi connectivity index (χ2n) is 2.98. The Balaban J connectivity index is 2.29. The molecular formula is C9H14N2O. The minimum atomic E-state index is -0.126. The van der Waals surface area contributed by atoms with Crippen LogP contribution in [-0.2, 0) is 4.79 Å². The fourth-order valence-corrected chi connectivity index (χ4v) is 0.897. The van der Waals surface area contributed by atoms with Crippen molar-refractivity contribution in [3.8, 4) is 0 Å². The quantitative estimate of drug-likeness (QED) is 0.473. The van der Waals surface area contributed by atoms with E-state index in [9.17, 15) is 4.79 Å². The molecule has 0 aromatic rings. The number of rotatable bonds is 4. The Morgan fingerprint density at radius 1 is 1.67 bits per heavy atom. The average molecular weight is 166 g/mol. The number of nitrogens with one attached hydrogen (secondary N) is 1. The second kappa shape index (κ2) is 3.95. The van der Waals surface area contributed by atoms with Crippen molar-refractivity contribution in [2.45, 2.75) is 12.8 Å². The summed E-state index contributed by atoms with van der Waals surface area (Å²) >= 11 is 0. The molecule has 1 fully saturated rings. The molecule has 3 N–H and O–H groups in total. The Bertz CT molecular complexity index is 217. The summed E-state index contributed by atoms with van der Waals surface area (Å²) in [7, 11) is 0. The Hall–Kier alpha value is -1.25. The topological polar surface area (TPSA) is 55.1 Å². The summed E-state index contributed by atoms with van der Waals surface area (Å²) in [6.07, 6.45) is 5.20. The molecule has 0 spiro atoms. The third-order valence-electron chi connectivity index (χ3n) is 1.91. The van der Waals surface area contributed by atoms with Crippen molar-refractivity contribution < 1.29 is 4.79 Å². The van der Waals surface area contributed by atoms with Crippen LogP contribution in [0.2, 0.25) is 0 Å². The lowest BCUT2D eigenvalue weighted by molar-refractivity contribution is -0.117. The standard InChI is InChI=1S/C9H14N2O/c1-2-8(5-10)9(12)11-6-7-3-4-7/h2,5,7H,1,3-4,6,10H2,(H,11,12)/b8-5+. The summed E-state index contributed by atoms with van der Waals surface area (Å²) in [6, 6.07) is 0. The first-order valence-corrected chi connectivity index (χ1v) is 4.10. The SMILES string of the molecule is C=C/C(=C\N)C(=O)NCC1CC1. The van der Waals surface area contributed by atoms with Gasteiger partial charge in [-0.15, -0.1) is 0 Å². The van der Waals surface area contributed by atoms with Crippen LogP contribution < -0.4 is 11.1 Å². The van der Waals surface area contributed by atoms with Crippen molar-refractivity contribution in [3.05, 3.63) is 24.4 Å². The van der Waals surface area contributed by atoms with Gasteiger partial charge in [0, 0.05) is 12.7 Å². The van der Waals surface area contributed by atoms with Gasteiger partial charge in [-0.05, 0) is 18.8 Å². The zero-order valence-corrected chi connectivity index (χ0v) is 7.05. The molecule has 0 atom stereocenters. The van der Waals surface area contributed by atoms with Crippen LogP contribution in [0, 0.1) is 5.92 Å². The highest BCUT2D eigenvalue weighted by atomic mass is 16.1. The van der Waals surface area contributed by atoms with Crippen molar-refractivity contribution >= 4 is 5.91 Å². The smallest absolute Gasteiger partial charge is 0.252 e. The molecule has 1 rings (SSSR count). The molecule has 12 heavy (non-hydrogen) atoms. The summed E-state index contributed by atoms with van der Waals surface area (Å²) < 4.78 is 0. The van der Waals surface area contributed by atoms with Crippen molar-refractivity contribution in [2.24, 2.45) is 11.7 Å². The van der Waals surface area contributed by atoms with Gasteiger partial charge in [-0.3, -0.25) is 4.79 Å². The van der Waals surface area contributed by atoms with Crippen LogP contribution in [0.1, 0.15) is 12.8 Å². The normalized spacial score (nSPS) is 17.2. The van der Waals surface area contributed by atoms with E-state index in [0.29, 0.717) is 11.5 Å². The number of hydrogen-bond acceptors (Lipinski definition) is 2. The molecule has 66 valence electrons. The van der Waals surface area contributed by atoms with Crippen molar-refractivity contribution in [1.82, 2.24) is 5.32 Å². The highest BCUT2D eigenvalue weighted by Crippen LogP contribution is 2.27. The maximum atomic E-state index is 11.2. The lowest BCUT2D eigenvalue weighted by Gasteiger charge is -2.02. The second-order valence-corrected chi connectivity index (χ2v) is 2.98. The van der Waals surface area contributed by atoms with Gasteiger partial charge in [0.05, 0.1) is 5.57 Å². The molecule has 1 aliphatic carbocycles. The Labute approximate surface area is 72.3 Å². The maximum absolute atomic E-state index is 11.2. The third kappa shape index (κ3) is 2.42. The number of carbonyl (C=O) groups is 1. The highest BCUT2D eigenvalue weighted by molar-refractivity contribution is 5.95. The lowest BCUT2D eigenvalue weighted by atomic mass is 10.2. The van der Waals surface area contributed by atoms with Gasteiger partial charge in [0.15, 0.2) is 0 Å². The Morgan fingerprint density at radius 3 is 2.75 bits per heavy atom. The maximum Gasteiger partial charge on any atom is 0.252 e. The van der Waals surface area contributed by atoms with E-state index in [-0.39, 0.29) is 5.91 Å². The van der Waals surface area contributed by atoms with Crippen molar-refractivity contribution in [3.63, 3.8) is 0 Å². The molecule has 3 heteroatoms. The van der Waals surface area contributed by atoms with Gasteiger partial charge in [0.2, 0.25) is 0 Å². The first kappa shape index (κ1) is 8.84. The molecule has 0 radical (unpaired) electrons. The van der Waals surface area contributed by atoms with E-state index in [1.165, 1.54) is 25.1 Å². The number of carbonyl (C=O) groups excluding carboxylic acids is 1. The average Bonchev–Trinajstić information content (AvgIpc) is 2.86. The van der Waals surface area contributed by atoms with E-state index in [1.807, 2.05) is 0 Å². The monoisotopic (exact) mass is 166 g/mol. The van der Waals surface area contributed by atoms with Gasteiger partial charge in [-0.25, -0.2) is 0 Å².